The van der Waals surface area contributed by atoms with E-state index in [1.54, 1.807) is 0 Å². The van der Waals surface area contributed by atoms with Crippen molar-refractivity contribution >= 4 is 17.7 Å². The lowest BCUT2D eigenvalue weighted by atomic mass is 9.99. The van der Waals surface area contributed by atoms with E-state index in [-0.39, 0.29) is 5.97 Å². The quantitative estimate of drug-likeness (QED) is 0.669. The Morgan fingerprint density at radius 3 is 2.56 bits per heavy atom. The van der Waals surface area contributed by atoms with E-state index in [2.05, 4.69) is 26.1 Å². The van der Waals surface area contributed by atoms with Crippen molar-refractivity contribution in [3.05, 3.63) is 0 Å². The van der Waals surface area contributed by atoms with E-state index in [1.165, 1.54) is 7.11 Å². The first-order chi connectivity index (χ1) is 7.46. The van der Waals surface area contributed by atoms with Gasteiger partial charge in [-0.3, -0.25) is 4.79 Å². The molecule has 0 bridgehead atoms. The van der Waals surface area contributed by atoms with Crippen molar-refractivity contribution in [2.24, 2.45) is 0 Å². The van der Waals surface area contributed by atoms with Crippen molar-refractivity contribution < 1.29 is 9.53 Å². The number of hydrogen-bond donors (Lipinski definition) is 1. The fraction of sp³-hybridized carbons (Fsp3) is 0.917. The van der Waals surface area contributed by atoms with Crippen LogP contribution in [-0.4, -0.2) is 36.2 Å². The second kappa shape index (κ2) is 7.96. The van der Waals surface area contributed by atoms with Crippen molar-refractivity contribution in [1.82, 2.24) is 5.32 Å². The highest BCUT2D eigenvalue weighted by atomic mass is 32.2. The van der Waals surface area contributed by atoms with E-state index in [0.29, 0.717) is 5.25 Å². The van der Waals surface area contributed by atoms with Crippen LogP contribution < -0.4 is 5.32 Å². The van der Waals surface area contributed by atoms with Crippen LogP contribution in [0.25, 0.3) is 0 Å². The van der Waals surface area contributed by atoms with Gasteiger partial charge in [-0.1, -0.05) is 20.8 Å². The molecule has 0 aliphatic carbocycles. The highest BCUT2D eigenvalue weighted by Gasteiger charge is 2.32. The Balaban J connectivity index is 4.24. The van der Waals surface area contributed by atoms with Crippen molar-refractivity contribution in [2.45, 2.75) is 51.3 Å². The summed E-state index contributed by atoms with van der Waals surface area (Å²) in [6, 6.07) is 0. The Hall–Kier alpha value is -0.220. The van der Waals surface area contributed by atoms with Crippen LogP contribution in [0.4, 0.5) is 0 Å². The predicted molar refractivity (Wildman–Crippen MR) is 70.9 cm³/mol. The maximum Gasteiger partial charge on any atom is 0.325 e. The normalized spacial score (nSPS) is 14.9. The second-order valence-corrected chi connectivity index (χ2v) is 6.10. The Bertz CT molecular complexity index is 209. The highest BCUT2D eigenvalue weighted by Crippen LogP contribution is 2.18. The summed E-state index contributed by atoms with van der Waals surface area (Å²) in [5.74, 6) is 0.810. The van der Waals surface area contributed by atoms with E-state index < -0.39 is 5.54 Å². The number of methoxy groups -OCH3 is 1. The van der Waals surface area contributed by atoms with E-state index in [4.69, 9.17) is 4.74 Å². The van der Waals surface area contributed by atoms with Gasteiger partial charge in [0.05, 0.1) is 7.11 Å². The molecule has 0 saturated heterocycles. The minimum absolute atomic E-state index is 0.162. The van der Waals surface area contributed by atoms with Gasteiger partial charge in [0.1, 0.15) is 5.54 Å². The standard InChI is InChI=1S/C12H25NO2S/c1-6-8-13-12(4,11(14)15-5)7-9-16-10(2)3/h10,13H,6-9H2,1-5H3. The molecule has 0 radical (unpaired) electrons. The van der Waals surface area contributed by atoms with Gasteiger partial charge in [0.25, 0.3) is 0 Å². The summed E-state index contributed by atoms with van der Waals surface area (Å²) in [6.07, 6.45) is 1.83. The summed E-state index contributed by atoms with van der Waals surface area (Å²) < 4.78 is 4.86. The maximum absolute atomic E-state index is 11.7. The summed E-state index contributed by atoms with van der Waals surface area (Å²) in [6.45, 7) is 9.19. The van der Waals surface area contributed by atoms with Gasteiger partial charge in [-0.25, -0.2) is 0 Å². The van der Waals surface area contributed by atoms with Gasteiger partial charge in [0.15, 0.2) is 0 Å². The molecule has 0 rings (SSSR count). The lowest BCUT2D eigenvalue weighted by Crippen LogP contribution is -2.50. The molecule has 0 heterocycles. The minimum atomic E-state index is -0.535. The van der Waals surface area contributed by atoms with Gasteiger partial charge in [-0.15, -0.1) is 0 Å². The van der Waals surface area contributed by atoms with Crippen molar-refractivity contribution in [2.75, 3.05) is 19.4 Å². The number of carbonyl (C=O) groups excluding carboxylic acids is 1. The summed E-state index contributed by atoms with van der Waals surface area (Å²) in [5.41, 5.74) is -0.535. The summed E-state index contributed by atoms with van der Waals surface area (Å²) >= 11 is 1.87. The number of carbonyl (C=O) groups is 1. The SMILES string of the molecule is CCCNC(C)(CCSC(C)C)C(=O)OC. The maximum atomic E-state index is 11.7. The van der Waals surface area contributed by atoms with Crippen LogP contribution in [0, 0.1) is 0 Å². The molecule has 0 fully saturated rings. The number of nitrogens with one attached hydrogen (secondary N) is 1. The fourth-order valence-corrected chi connectivity index (χ4v) is 2.39. The molecule has 96 valence electrons. The van der Waals surface area contributed by atoms with Gasteiger partial charge in [-0.05, 0) is 37.3 Å². The molecule has 3 nitrogen and oxygen atoms in total. The monoisotopic (exact) mass is 247 g/mol. The molecule has 1 N–H and O–H groups in total. The number of ether oxygens (including phenoxy) is 1. The average Bonchev–Trinajstić information content (AvgIpc) is 2.24. The van der Waals surface area contributed by atoms with Crippen molar-refractivity contribution in [3.63, 3.8) is 0 Å². The third-order valence-corrected chi connectivity index (χ3v) is 3.56. The molecule has 0 aliphatic heterocycles. The van der Waals surface area contributed by atoms with Gasteiger partial charge < -0.3 is 10.1 Å². The summed E-state index contributed by atoms with van der Waals surface area (Å²) in [4.78, 5) is 11.7. The smallest absolute Gasteiger partial charge is 0.325 e. The number of hydrogen-bond acceptors (Lipinski definition) is 4. The van der Waals surface area contributed by atoms with Crippen LogP contribution in [0.5, 0.6) is 0 Å². The molecule has 0 spiro atoms. The fourth-order valence-electron chi connectivity index (χ4n) is 1.39. The molecular weight excluding hydrogens is 222 g/mol. The molecule has 1 atom stereocenters. The summed E-state index contributed by atoms with van der Waals surface area (Å²) in [5, 5.41) is 3.89. The van der Waals surface area contributed by atoms with E-state index in [9.17, 15) is 4.79 Å². The van der Waals surface area contributed by atoms with Crippen LogP contribution >= 0.6 is 11.8 Å². The van der Waals surface area contributed by atoms with Gasteiger partial charge in [-0.2, -0.15) is 11.8 Å². The Kier molecular flexibility index (Phi) is 7.85. The minimum Gasteiger partial charge on any atom is -0.468 e. The zero-order valence-electron chi connectivity index (χ0n) is 11.1. The van der Waals surface area contributed by atoms with Crippen molar-refractivity contribution in [1.29, 1.82) is 0 Å². The molecule has 16 heavy (non-hydrogen) atoms. The van der Waals surface area contributed by atoms with Crippen LogP contribution in [0.3, 0.4) is 0 Å². The largest absolute Gasteiger partial charge is 0.468 e. The van der Waals surface area contributed by atoms with Crippen LogP contribution in [0.1, 0.15) is 40.5 Å². The first kappa shape index (κ1) is 15.8. The lowest BCUT2D eigenvalue weighted by Gasteiger charge is -2.28. The Labute approximate surface area is 104 Å². The topological polar surface area (TPSA) is 38.3 Å². The van der Waals surface area contributed by atoms with E-state index >= 15 is 0 Å². The number of rotatable bonds is 8. The Morgan fingerprint density at radius 2 is 2.12 bits per heavy atom. The Morgan fingerprint density at radius 1 is 1.50 bits per heavy atom. The molecule has 0 aromatic heterocycles. The van der Waals surface area contributed by atoms with Gasteiger partial charge >= 0.3 is 5.97 Å². The van der Waals surface area contributed by atoms with Gasteiger partial charge in [0.2, 0.25) is 0 Å². The highest BCUT2D eigenvalue weighted by molar-refractivity contribution is 7.99. The molecule has 0 aliphatic rings. The zero-order chi connectivity index (χ0) is 12.6. The lowest BCUT2D eigenvalue weighted by molar-refractivity contribution is -0.148. The van der Waals surface area contributed by atoms with E-state index in [1.807, 2.05) is 18.7 Å². The number of thioether (sulfide) groups is 1. The van der Waals surface area contributed by atoms with Crippen LogP contribution in [0.15, 0.2) is 0 Å². The van der Waals surface area contributed by atoms with E-state index in [0.717, 1.165) is 25.1 Å². The molecular formula is C12H25NO2S. The first-order valence-electron chi connectivity index (χ1n) is 5.91. The predicted octanol–water partition coefficient (Wildman–Crippen LogP) is 2.45. The molecule has 4 heteroatoms. The third-order valence-electron chi connectivity index (χ3n) is 2.45. The number of esters is 1. The first-order valence-corrected chi connectivity index (χ1v) is 6.96. The third kappa shape index (κ3) is 5.75. The average molecular weight is 247 g/mol. The zero-order valence-corrected chi connectivity index (χ0v) is 11.9. The van der Waals surface area contributed by atoms with Crippen LogP contribution in [0.2, 0.25) is 0 Å². The molecule has 0 aromatic carbocycles. The molecule has 0 aromatic rings. The summed E-state index contributed by atoms with van der Waals surface area (Å²) in [7, 11) is 1.45. The second-order valence-electron chi connectivity index (χ2n) is 4.42. The molecule has 0 saturated carbocycles. The molecule has 1 unspecified atom stereocenters. The molecule has 0 amide bonds. The van der Waals surface area contributed by atoms with Crippen LogP contribution in [-0.2, 0) is 9.53 Å². The van der Waals surface area contributed by atoms with Crippen molar-refractivity contribution in [3.8, 4) is 0 Å². The van der Waals surface area contributed by atoms with Gasteiger partial charge in [0, 0.05) is 0 Å².